The number of hydrogen-bond acceptors (Lipinski definition) is 13. The van der Waals surface area contributed by atoms with Crippen LogP contribution in [0.1, 0.15) is 142 Å². The third kappa shape index (κ3) is 25.0. The van der Waals surface area contributed by atoms with Gasteiger partial charge in [0.05, 0.1) is 32.0 Å². The molecule has 2 saturated heterocycles. The third-order valence-corrected chi connectivity index (χ3v) is 11.6. The zero-order valence-electron chi connectivity index (χ0n) is 39.9. The Bertz CT molecular complexity index is 1430. The second kappa shape index (κ2) is 38.1. The van der Waals surface area contributed by atoms with Gasteiger partial charge >= 0.3 is 0 Å². The number of allylic oxidation sites excluding steroid dienone is 13. The van der Waals surface area contributed by atoms with Crippen LogP contribution < -0.4 is 5.32 Å². The van der Waals surface area contributed by atoms with Crippen molar-refractivity contribution in [2.24, 2.45) is 0 Å². The minimum absolute atomic E-state index is 0.246. The van der Waals surface area contributed by atoms with Crippen LogP contribution in [0.5, 0.6) is 0 Å². The summed E-state index contributed by atoms with van der Waals surface area (Å²) in [6.45, 7) is 2.58. The number of rotatable bonds is 36. The molecule has 0 aromatic heterocycles. The Morgan fingerprint density at radius 2 is 1.05 bits per heavy atom. The molecular formula is C52H87NO13. The largest absolute Gasteiger partial charge is 0.394 e. The molecule has 0 saturated carbocycles. The van der Waals surface area contributed by atoms with Gasteiger partial charge in [-0.1, -0.05) is 150 Å². The second-order valence-corrected chi connectivity index (χ2v) is 17.2. The smallest absolute Gasteiger partial charge is 0.220 e. The highest BCUT2D eigenvalue weighted by Gasteiger charge is 2.51. The Morgan fingerprint density at radius 3 is 1.61 bits per heavy atom. The van der Waals surface area contributed by atoms with Gasteiger partial charge < -0.3 is 65.1 Å². The molecule has 2 aliphatic heterocycles. The predicted molar refractivity (Wildman–Crippen MR) is 258 cm³/mol. The lowest BCUT2D eigenvalue weighted by molar-refractivity contribution is -0.359. The summed E-state index contributed by atoms with van der Waals surface area (Å²) in [6.07, 6.45) is 32.1. The first-order chi connectivity index (χ1) is 32.1. The standard InChI is InChI=1S/C52H87NO13/c1-3-5-7-9-11-13-14-15-16-17-18-19-20-21-22-23-24-25-26-28-30-32-34-36-44(57)53-40(41(56)35-33-31-29-27-12-10-8-6-4-2)39-63-51-49(62)47(60)50(43(38-55)65-51)66-52-48(61)46(59)45(58)42(37-54)64-52/h5,7,11,13,15-16,18-19,21-22,24-25,33,35,40-43,45-52,54-56,58-62H,3-4,6,8-10,12,14,17,20,23,26-32,34,36-39H2,1-2H3,(H,53,57)/b7-5-,13-11-,16-15-,19-18-,22-21-,25-24-,35-33+. The highest BCUT2D eigenvalue weighted by Crippen LogP contribution is 2.30. The number of aliphatic hydroxyl groups is 8. The normalized spacial score (nSPS) is 27.5. The number of hydrogen-bond donors (Lipinski definition) is 9. The fraction of sp³-hybridized carbons (Fsp3) is 0.712. The average molecular weight is 934 g/mol. The van der Waals surface area contributed by atoms with Crippen molar-refractivity contribution in [3.63, 3.8) is 0 Å². The Balaban J connectivity index is 1.81. The highest BCUT2D eigenvalue weighted by molar-refractivity contribution is 5.76. The van der Waals surface area contributed by atoms with Crippen LogP contribution >= 0.6 is 0 Å². The summed E-state index contributed by atoms with van der Waals surface area (Å²) in [7, 11) is 0. The van der Waals surface area contributed by atoms with Gasteiger partial charge in [0.15, 0.2) is 12.6 Å². The van der Waals surface area contributed by atoms with Crippen molar-refractivity contribution in [1.29, 1.82) is 0 Å². The monoisotopic (exact) mass is 934 g/mol. The first-order valence-corrected chi connectivity index (χ1v) is 24.8. The molecule has 66 heavy (non-hydrogen) atoms. The number of carbonyl (C=O) groups is 1. The molecule has 0 aromatic rings. The molecule has 9 N–H and O–H groups in total. The minimum Gasteiger partial charge on any atom is -0.394 e. The molecule has 14 nitrogen and oxygen atoms in total. The first kappa shape index (κ1) is 59.3. The molecule has 0 bridgehead atoms. The lowest BCUT2D eigenvalue weighted by Gasteiger charge is -2.46. The van der Waals surface area contributed by atoms with Crippen molar-refractivity contribution in [2.45, 2.75) is 216 Å². The molecule has 1 amide bonds. The third-order valence-electron chi connectivity index (χ3n) is 11.6. The van der Waals surface area contributed by atoms with Crippen LogP contribution in [0.15, 0.2) is 85.1 Å². The number of ether oxygens (including phenoxy) is 4. The van der Waals surface area contributed by atoms with E-state index in [-0.39, 0.29) is 18.9 Å². The molecule has 12 atom stereocenters. The molecule has 2 rings (SSSR count). The molecule has 2 aliphatic rings. The molecule has 0 aliphatic carbocycles. The summed E-state index contributed by atoms with van der Waals surface area (Å²) in [6, 6.07) is -0.931. The average Bonchev–Trinajstić information content (AvgIpc) is 3.31. The van der Waals surface area contributed by atoms with Crippen LogP contribution in [0.25, 0.3) is 0 Å². The van der Waals surface area contributed by atoms with Crippen LogP contribution in [0.4, 0.5) is 0 Å². The van der Waals surface area contributed by atoms with E-state index >= 15 is 0 Å². The molecule has 14 heteroatoms. The Morgan fingerprint density at radius 1 is 0.561 bits per heavy atom. The van der Waals surface area contributed by atoms with Crippen LogP contribution in [0.2, 0.25) is 0 Å². The molecule has 0 aromatic carbocycles. The number of carbonyl (C=O) groups excluding carboxylic acids is 1. The van der Waals surface area contributed by atoms with Crippen molar-refractivity contribution in [3.05, 3.63) is 85.1 Å². The zero-order valence-corrected chi connectivity index (χ0v) is 39.9. The van der Waals surface area contributed by atoms with Crippen LogP contribution in [-0.4, -0.2) is 140 Å². The predicted octanol–water partition coefficient (Wildman–Crippen LogP) is 6.21. The summed E-state index contributed by atoms with van der Waals surface area (Å²) in [5.41, 5.74) is 0. The number of unbranched alkanes of at least 4 members (excludes halogenated alkanes) is 11. The van der Waals surface area contributed by atoms with Crippen molar-refractivity contribution >= 4 is 5.91 Å². The maximum atomic E-state index is 13.1. The van der Waals surface area contributed by atoms with Crippen molar-refractivity contribution < 1.29 is 64.6 Å². The lowest BCUT2D eigenvalue weighted by Crippen LogP contribution is -2.65. The maximum Gasteiger partial charge on any atom is 0.220 e. The van der Waals surface area contributed by atoms with Gasteiger partial charge in [0, 0.05) is 6.42 Å². The molecule has 2 heterocycles. The van der Waals surface area contributed by atoms with Crippen LogP contribution in [0.3, 0.4) is 0 Å². The topological polar surface area (TPSA) is 228 Å². The fourth-order valence-electron chi connectivity index (χ4n) is 7.53. The number of nitrogens with one attached hydrogen (secondary N) is 1. The van der Waals surface area contributed by atoms with Crippen molar-refractivity contribution in [1.82, 2.24) is 5.32 Å². The van der Waals surface area contributed by atoms with Gasteiger partial charge in [-0.3, -0.25) is 4.79 Å². The molecule has 0 spiro atoms. The molecular weight excluding hydrogens is 847 g/mol. The maximum absolute atomic E-state index is 13.1. The Labute approximate surface area is 395 Å². The zero-order chi connectivity index (χ0) is 48.2. The van der Waals surface area contributed by atoms with Gasteiger partial charge in [0.1, 0.15) is 48.8 Å². The van der Waals surface area contributed by atoms with Crippen LogP contribution in [0, 0.1) is 0 Å². The van der Waals surface area contributed by atoms with Crippen molar-refractivity contribution in [2.75, 3.05) is 19.8 Å². The van der Waals surface area contributed by atoms with Crippen molar-refractivity contribution in [3.8, 4) is 0 Å². The SMILES string of the molecule is CC/C=C\C/C=C\C/C=C\C/C=C\C/C=C\C/C=C\CCCCCCC(=O)NC(COC1OC(CO)C(OC2OC(CO)C(O)C(O)C2O)C(O)C1O)C(O)/C=C/CCCCCCCCC. The van der Waals surface area contributed by atoms with Gasteiger partial charge in [0.2, 0.25) is 5.91 Å². The Hall–Kier alpha value is -2.83. The summed E-state index contributed by atoms with van der Waals surface area (Å²) >= 11 is 0. The van der Waals surface area contributed by atoms with E-state index < -0.39 is 86.8 Å². The number of aliphatic hydroxyl groups excluding tert-OH is 8. The van der Waals surface area contributed by atoms with Gasteiger partial charge in [-0.05, 0) is 70.6 Å². The summed E-state index contributed by atoms with van der Waals surface area (Å²) in [5, 5.41) is 86.5. The van der Waals surface area contributed by atoms with Gasteiger partial charge in [-0.25, -0.2) is 0 Å². The van der Waals surface area contributed by atoms with E-state index in [0.29, 0.717) is 6.42 Å². The van der Waals surface area contributed by atoms with Gasteiger partial charge in [0.25, 0.3) is 0 Å². The van der Waals surface area contributed by atoms with E-state index in [1.54, 1.807) is 6.08 Å². The van der Waals surface area contributed by atoms with Crippen LogP contribution in [-0.2, 0) is 23.7 Å². The van der Waals surface area contributed by atoms with E-state index in [2.05, 4.69) is 92.1 Å². The van der Waals surface area contributed by atoms with E-state index in [0.717, 1.165) is 89.9 Å². The van der Waals surface area contributed by atoms with E-state index in [1.165, 1.54) is 25.7 Å². The highest BCUT2D eigenvalue weighted by atomic mass is 16.7. The second-order valence-electron chi connectivity index (χ2n) is 17.2. The van der Waals surface area contributed by atoms with Gasteiger partial charge in [-0.15, -0.1) is 0 Å². The molecule has 12 unspecified atom stereocenters. The molecule has 0 radical (unpaired) electrons. The quantitative estimate of drug-likeness (QED) is 0.0252. The molecule has 378 valence electrons. The number of amides is 1. The summed E-state index contributed by atoms with van der Waals surface area (Å²) in [4.78, 5) is 13.1. The van der Waals surface area contributed by atoms with E-state index in [1.807, 2.05) is 6.08 Å². The molecule has 2 fully saturated rings. The lowest BCUT2D eigenvalue weighted by atomic mass is 9.97. The summed E-state index contributed by atoms with van der Waals surface area (Å²) < 4.78 is 22.6. The Kier molecular flexibility index (Phi) is 34.2. The first-order valence-electron chi connectivity index (χ1n) is 24.8. The summed E-state index contributed by atoms with van der Waals surface area (Å²) in [5.74, 6) is -0.272. The van der Waals surface area contributed by atoms with Gasteiger partial charge in [-0.2, -0.15) is 0 Å². The van der Waals surface area contributed by atoms with E-state index in [4.69, 9.17) is 18.9 Å². The minimum atomic E-state index is -1.79. The fourth-order valence-corrected chi connectivity index (χ4v) is 7.53. The van der Waals surface area contributed by atoms with E-state index in [9.17, 15) is 45.6 Å².